The molecular weight excluding hydrogens is 280 g/mol. The van der Waals surface area contributed by atoms with Crippen LogP contribution in [0.15, 0.2) is 24.3 Å². The van der Waals surface area contributed by atoms with Crippen molar-refractivity contribution in [2.75, 3.05) is 6.54 Å². The number of hydrogen-bond acceptors (Lipinski definition) is 4. The van der Waals surface area contributed by atoms with Gasteiger partial charge in [-0.1, -0.05) is 26.0 Å². The minimum absolute atomic E-state index is 0.544. The highest BCUT2D eigenvalue weighted by atomic mass is 32.1. The summed E-state index contributed by atoms with van der Waals surface area (Å²) >= 11 is 1.71. The molecule has 0 radical (unpaired) electrons. The van der Waals surface area contributed by atoms with Gasteiger partial charge in [-0.15, -0.1) is 11.3 Å². The summed E-state index contributed by atoms with van der Waals surface area (Å²) < 4.78 is 5.85. The van der Waals surface area contributed by atoms with Gasteiger partial charge in [-0.05, 0) is 44.0 Å². The SMILES string of the molecule is Cc1nc(COc2cccc(CNCC(C)C)c2)sc1C. The number of ether oxygens (including phenoxy) is 1. The zero-order valence-electron chi connectivity index (χ0n) is 13.3. The van der Waals surface area contributed by atoms with Crippen LogP contribution < -0.4 is 10.1 Å². The standard InChI is InChI=1S/C17H24N2OS/c1-12(2)9-18-10-15-6-5-7-16(8-15)20-11-17-19-13(3)14(4)21-17/h5-8,12,18H,9-11H2,1-4H3. The number of thiazole rings is 1. The van der Waals surface area contributed by atoms with Gasteiger partial charge in [0, 0.05) is 11.4 Å². The fraction of sp³-hybridized carbons (Fsp3) is 0.471. The summed E-state index contributed by atoms with van der Waals surface area (Å²) in [6.07, 6.45) is 0. The summed E-state index contributed by atoms with van der Waals surface area (Å²) in [7, 11) is 0. The molecule has 2 rings (SSSR count). The van der Waals surface area contributed by atoms with Crippen molar-refractivity contribution in [3.05, 3.63) is 45.4 Å². The van der Waals surface area contributed by atoms with Gasteiger partial charge in [-0.3, -0.25) is 0 Å². The predicted molar refractivity (Wildman–Crippen MR) is 88.9 cm³/mol. The van der Waals surface area contributed by atoms with Crippen molar-refractivity contribution in [3.63, 3.8) is 0 Å². The van der Waals surface area contributed by atoms with E-state index in [0.29, 0.717) is 12.5 Å². The summed E-state index contributed by atoms with van der Waals surface area (Å²) in [4.78, 5) is 5.76. The molecule has 21 heavy (non-hydrogen) atoms. The molecular formula is C17H24N2OS. The Hall–Kier alpha value is -1.39. The molecule has 0 aliphatic carbocycles. The van der Waals surface area contributed by atoms with E-state index < -0.39 is 0 Å². The first-order valence-electron chi connectivity index (χ1n) is 7.40. The van der Waals surface area contributed by atoms with Crippen LogP contribution in [0.2, 0.25) is 0 Å². The van der Waals surface area contributed by atoms with Crippen molar-refractivity contribution in [3.8, 4) is 5.75 Å². The van der Waals surface area contributed by atoms with Crippen molar-refractivity contribution in [1.82, 2.24) is 10.3 Å². The molecule has 3 nitrogen and oxygen atoms in total. The van der Waals surface area contributed by atoms with Crippen LogP contribution in [0.1, 0.15) is 35.0 Å². The lowest BCUT2D eigenvalue weighted by atomic mass is 10.2. The lowest BCUT2D eigenvalue weighted by Crippen LogP contribution is -2.18. The molecule has 0 amide bonds. The highest BCUT2D eigenvalue weighted by Crippen LogP contribution is 2.19. The minimum atomic E-state index is 0.544. The molecule has 0 atom stereocenters. The first-order valence-corrected chi connectivity index (χ1v) is 8.21. The molecule has 0 aliphatic heterocycles. The number of aromatic nitrogens is 1. The number of hydrogen-bond donors (Lipinski definition) is 1. The van der Waals surface area contributed by atoms with Crippen LogP contribution in [-0.4, -0.2) is 11.5 Å². The molecule has 4 heteroatoms. The molecule has 0 saturated carbocycles. The quantitative estimate of drug-likeness (QED) is 0.837. The maximum Gasteiger partial charge on any atom is 0.140 e. The van der Waals surface area contributed by atoms with Gasteiger partial charge in [0.25, 0.3) is 0 Å². The number of rotatable bonds is 7. The van der Waals surface area contributed by atoms with Crippen LogP contribution >= 0.6 is 11.3 Å². The van der Waals surface area contributed by atoms with Crippen molar-refractivity contribution in [2.45, 2.75) is 40.8 Å². The monoisotopic (exact) mass is 304 g/mol. The average molecular weight is 304 g/mol. The van der Waals surface area contributed by atoms with E-state index in [-0.39, 0.29) is 0 Å². The topological polar surface area (TPSA) is 34.1 Å². The van der Waals surface area contributed by atoms with E-state index in [0.717, 1.165) is 29.5 Å². The Balaban J connectivity index is 1.88. The van der Waals surface area contributed by atoms with E-state index in [2.05, 4.69) is 43.2 Å². The summed E-state index contributed by atoms with van der Waals surface area (Å²) in [5.74, 6) is 1.57. The van der Waals surface area contributed by atoms with Gasteiger partial charge in [0.05, 0.1) is 5.69 Å². The Kier molecular flexibility index (Phi) is 5.76. The molecule has 1 aromatic carbocycles. The van der Waals surface area contributed by atoms with Crippen LogP contribution in [0.25, 0.3) is 0 Å². The second-order valence-electron chi connectivity index (χ2n) is 5.71. The Labute approximate surface area is 131 Å². The average Bonchev–Trinajstić information content (AvgIpc) is 2.76. The highest BCUT2D eigenvalue weighted by molar-refractivity contribution is 7.11. The van der Waals surface area contributed by atoms with Crippen LogP contribution in [0.3, 0.4) is 0 Å². The molecule has 2 aromatic rings. The third-order valence-corrected chi connectivity index (χ3v) is 4.26. The highest BCUT2D eigenvalue weighted by Gasteiger charge is 2.05. The van der Waals surface area contributed by atoms with Gasteiger partial charge in [0.15, 0.2) is 0 Å². The van der Waals surface area contributed by atoms with Crippen LogP contribution in [-0.2, 0) is 13.2 Å². The molecule has 1 aromatic heterocycles. The summed E-state index contributed by atoms with van der Waals surface area (Å²) in [6, 6.07) is 8.26. The second-order valence-corrected chi connectivity index (χ2v) is 7.00. The van der Waals surface area contributed by atoms with Crippen molar-refractivity contribution >= 4 is 11.3 Å². The molecule has 0 saturated heterocycles. The van der Waals surface area contributed by atoms with Gasteiger partial charge < -0.3 is 10.1 Å². The Bertz CT molecular complexity index is 558. The maximum absolute atomic E-state index is 5.85. The number of aryl methyl sites for hydroxylation is 2. The summed E-state index contributed by atoms with van der Waals surface area (Å²) in [6.45, 7) is 11.0. The molecule has 0 fully saturated rings. The summed E-state index contributed by atoms with van der Waals surface area (Å²) in [5.41, 5.74) is 2.35. The van der Waals surface area contributed by atoms with Gasteiger partial charge in [0.2, 0.25) is 0 Å². The van der Waals surface area contributed by atoms with Crippen LogP contribution in [0.4, 0.5) is 0 Å². The molecule has 0 spiro atoms. The Morgan fingerprint density at radius 2 is 2.10 bits per heavy atom. The van der Waals surface area contributed by atoms with Crippen molar-refractivity contribution < 1.29 is 4.74 Å². The van der Waals surface area contributed by atoms with Crippen LogP contribution in [0, 0.1) is 19.8 Å². The normalized spacial score (nSPS) is 11.1. The maximum atomic E-state index is 5.85. The number of benzene rings is 1. The largest absolute Gasteiger partial charge is 0.486 e. The van der Waals surface area contributed by atoms with E-state index in [9.17, 15) is 0 Å². The Morgan fingerprint density at radius 3 is 2.76 bits per heavy atom. The fourth-order valence-corrected chi connectivity index (χ4v) is 2.84. The zero-order chi connectivity index (χ0) is 15.2. The van der Waals surface area contributed by atoms with Gasteiger partial charge in [0.1, 0.15) is 17.4 Å². The zero-order valence-corrected chi connectivity index (χ0v) is 14.1. The third kappa shape index (κ3) is 5.14. The first-order chi connectivity index (χ1) is 10.0. The number of nitrogens with one attached hydrogen (secondary N) is 1. The van der Waals surface area contributed by atoms with Gasteiger partial charge in [-0.25, -0.2) is 4.98 Å². The van der Waals surface area contributed by atoms with E-state index in [1.807, 2.05) is 19.1 Å². The molecule has 114 valence electrons. The van der Waals surface area contributed by atoms with Gasteiger partial charge >= 0.3 is 0 Å². The lowest BCUT2D eigenvalue weighted by Gasteiger charge is -2.09. The van der Waals surface area contributed by atoms with Crippen molar-refractivity contribution in [1.29, 1.82) is 0 Å². The molecule has 0 unspecified atom stereocenters. The van der Waals surface area contributed by atoms with E-state index in [4.69, 9.17) is 4.74 Å². The second kappa shape index (κ2) is 7.57. The molecule has 1 heterocycles. The van der Waals surface area contributed by atoms with E-state index in [1.54, 1.807) is 11.3 Å². The minimum Gasteiger partial charge on any atom is -0.486 e. The first kappa shape index (κ1) is 16.0. The number of nitrogens with zero attached hydrogens (tertiary/aromatic N) is 1. The van der Waals surface area contributed by atoms with E-state index >= 15 is 0 Å². The van der Waals surface area contributed by atoms with Crippen molar-refractivity contribution in [2.24, 2.45) is 5.92 Å². The predicted octanol–water partition coefficient (Wildman–Crippen LogP) is 4.08. The third-order valence-electron chi connectivity index (χ3n) is 3.22. The van der Waals surface area contributed by atoms with Gasteiger partial charge in [-0.2, -0.15) is 0 Å². The molecule has 0 bridgehead atoms. The fourth-order valence-electron chi connectivity index (χ4n) is 2.00. The molecule has 0 aliphatic rings. The summed E-state index contributed by atoms with van der Waals surface area (Å²) in [5, 5.41) is 4.48. The van der Waals surface area contributed by atoms with E-state index in [1.165, 1.54) is 10.4 Å². The Morgan fingerprint density at radius 1 is 1.29 bits per heavy atom. The van der Waals surface area contributed by atoms with Crippen LogP contribution in [0.5, 0.6) is 5.75 Å². The smallest absolute Gasteiger partial charge is 0.140 e. The molecule has 1 N–H and O–H groups in total. The lowest BCUT2D eigenvalue weighted by molar-refractivity contribution is 0.305.